The lowest BCUT2D eigenvalue weighted by Crippen LogP contribution is -2.60. The molecule has 1 amide bonds. The second-order valence-corrected chi connectivity index (χ2v) is 7.18. The van der Waals surface area contributed by atoms with E-state index >= 15 is 0 Å². The molecule has 2 heterocycles. The average molecular weight is 246 g/mol. The molecule has 2 saturated heterocycles. The van der Waals surface area contributed by atoms with E-state index in [9.17, 15) is 13.2 Å². The highest BCUT2D eigenvalue weighted by Gasteiger charge is 2.40. The Kier molecular flexibility index (Phi) is 2.96. The lowest BCUT2D eigenvalue weighted by molar-refractivity contribution is -0.139. The molecule has 0 bridgehead atoms. The van der Waals surface area contributed by atoms with E-state index < -0.39 is 15.1 Å². The van der Waals surface area contributed by atoms with E-state index in [0.29, 0.717) is 6.54 Å². The Bertz CT molecular complexity index is 389. The number of rotatable bonds is 1. The number of hydrogen-bond donors (Lipinski definition) is 1. The molecule has 0 aromatic rings. The molecule has 5 nitrogen and oxygen atoms in total. The fourth-order valence-corrected chi connectivity index (χ4v) is 3.75. The van der Waals surface area contributed by atoms with Crippen molar-refractivity contribution in [2.24, 2.45) is 5.92 Å². The first-order valence-electron chi connectivity index (χ1n) is 5.66. The van der Waals surface area contributed by atoms with Crippen LogP contribution < -0.4 is 5.32 Å². The topological polar surface area (TPSA) is 66.5 Å². The third kappa shape index (κ3) is 1.84. The minimum absolute atomic E-state index is 0.0513. The number of carbonyl (C=O) groups is 1. The van der Waals surface area contributed by atoms with Crippen LogP contribution in [0.5, 0.6) is 0 Å². The van der Waals surface area contributed by atoms with Crippen LogP contribution in [0, 0.1) is 5.92 Å². The Balaban J connectivity index is 2.10. The summed E-state index contributed by atoms with van der Waals surface area (Å²) < 4.78 is 23.3. The highest BCUT2D eigenvalue weighted by Crippen LogP contribution is 2.22. The van der Waals surface area contributed by atoms with Crippen molar-refractivity contribution >= 4 is 15.7 Å². The highest BCUT2D eigenvalue weighted by molar-refractivity contribution is 7.92. The molecule has 0 spiro atoms. The lowest BCUT2D eigenvalue weighted by atomic mass is 10.0. The Hall–Kier alpha value is -0.620. The maximum atomic E-state index is 12.0. The summed E-state index contributed by atoms with van der Waals surface area (Å²) in [5.74, 6) is 0.258. The van der Waals surface area contributed by atoms with Crippen LogP contribution in [0.3, 0.4) is 0 Å². The van der Waals surface area contributed by atoms with Gasteiger partial charge in [-0.25, -0.2) is 8.42 Å². The van der Waals surface area contributed by atoms with E-state index in [1.165, 1.54) is 0 Å². The van der Waals surface area contributed by atoms with Gasteiger partial charge in [0.05, 0.1) is 16.9 Å². The predicted octanol–water partition coefficient (Wildman–Crippen LogP) is -0.760. The van der Waals surface area contributed by atoms with Crippen molar-refractivity contribution in [3.63, 3.8) is 0 Å². The summed E-state index contributed by atoms with van der Waals surface area (Å²) >= 11 is 0. The molecule has 0 aliphatic carbocycles. The van der Waals surface area contributed by atoms with E-state index in [4.69, 9.17) is 0 Å². The normalized spacial score (nSPS) is 34.5. The van der Waals surface area contributed by atoms with E-state index in [1.54, 1.807) is 11.8 Å². The summed E-state index contributed by atoms with van der Waals surface area (Å²) in [6.07, 6.45) is 0. The van der Waals surface area contributed by atoms with Gasteiger partial charge in [-0.15, -0.1) is 0 Å². The van der Waals surface area contributed by atoms with Gasteiger partial charge in [0.15, 0.2) is 9.84 Å². The van der Waals surface area contributed by atoms with Gasteiger partial charge in [0.1, 0.15) is 0 Å². The summed E-state index contributed by atoms with van der Waals surface area (Å²) in [7, 11) is -3.00. The van der Waals surface area contributed by atoms with Crippen molar-refractivity contribution < 1.29 is 13.2 Å². The van der Waals surface area contributed by atoms with Gasteiger partial charge in [-0.3, -0.25) is 4.79 Å². The van der Waals surface area contributed by atoms with Gasteiger partial charge in [-0.05, 0) is 13.8 Å². The van der Waals surface area contributed by atoms with Crippen LogP contribution in [0.2, 0.25) is 0 Å². The van der Waals surface area contributed by atoms with Crippen LogP contribution in [0.1, 0.15) is 13.8 Å². The maximum absolute atomic E-state index is 12.0. The molecular weight excluding hydrogens is 228 g/mol. The summed E-state index contributed by atoms with van der Waals surface area (Å²) in [4.78, 5) is 13.8. The molecular formula is C10H18N2O3S. The van der Waals surface area contributed by atoms with E-state index in [-0.39, 0.29) is 23.6 Å². The van der Waals surface area contributed by atoms with Gasteiger partial charge < -0.3 is 10.2 Å². The number of sulfone groups is 1. The van der Waals surface area contributed by atoms with Gasteiger partial charge >= 0.3 is 0 Å². The molecule has 16 heavy (non-hydrogen) atoms. The summed E-state index contributed by atoms with van der Waals surface area (Å²) in [5.41, 5.74) is 0. The van der Waals surface area contributed by atoms with Gasteiger partial charge in [-0.2, -0.15) is 0 Å². The molecule has 2 fully saturated rings. The van der Waals surface area contributed by atoms with Crippen LogP contribution in [0.15, 0.2) is 0 Å². The minimum Gasteiger partial charge on any atom is -0.337 e. The van der Waals surface area contributed by atoms with Crippen molar-refractivity contribution in [2.75, 3.05) is 25.4 Å². The highest BCUT2D eigenvalue weighted by atomic mass is 32.2. The van der Waals surface area contributed by atoms with Crippen molar-refractivity contribution in [3.8, 4) is 0 Å². The van der Waals surface area contributed by atoms with Gasteiger partial charge in [0.25, 0.3) is 0 Å². The van der Waals surface area contributed by atoms with Crippen molar-refractivity contribution in [2.45, 2.75) is 25.1 Å². The molecule has 6 heteroatoms. The number of nitrogens with zero attached hydrogens (tertiary/aromatic N) is 1. The molecule has 92 valence electrons. The first kappa shape index (κ1) is 11.9. The van der Waals surface area contributed by atoms with Crippen molar-refractivity contribution in [1.29, 1.82) is 0 Å². The summed E-state index contributed by atoms with van der Waals surface area (Å²) in [6.45, 7) is 5.32. The monoisotopic (exact) mass is 246 g/mol. The zero-order valence-corrected chi connectivity index (χ0v) is 10.5. The second kappa shape index (κ2) is 4.00. The quantitative estimate of drug-likeness (QED) is 0.660. The second-order valence-electron chi connectivity index (χ2n) is 4.70. The molecule has 2 rings (SSSR count). The molecule has 1 N–H and O–H groups in total. The first-order chi connectivity index (χ1) is 7.43. The number of nitrogens with one attached hydrogen (secondary N) is 1. The van der Waals surface area contributed by atoms with Gasteiger partial charge in [-0.1, -0.05) is 0 Å². The number of hydrogen-bond acceptors (Lipinski definition) is 4. The Labute approximate surface area is 96.1 Å². The molecule has 2 atom stereocenters. The van der Waals surface area contributed by atoms with Crippen LogP contribution in [0.25, 0.3) is 0 Å². The van der Waals surface area contributed by atoms with E-state index in [1.807, 2.05) is 6.92 Å². The summed E-state index contributed by atoms with van der Waals surface area (Å²) in [5, 5.41) is 2.61. The van der Waals surface area contributed by atoms with E-state index in [2.05, 4.69) is 5.32 Å². The van der Waals surface area contributed by atoms with Crippen LogP contribution in [-0.2, 0) is 14.6 Å². The largest absolute Gasteiger partial charge is 0.337 e. The molecule has 0 aromatic heterocycles. The Morgan fingerprint density at radius 2 is 1.94 bits per heavy atom. The third-order valence-electron chi connectivity index (χ3n) is 3.77. The van der Waals surface area contributed by atoms with E-state index in [0.717, 1.165) is 13.1 Å². The third-order valence-corrected chi connectivity index (χ3v) is 6.05. The SMILES string of the molecule is CC1C(C)S(=O)(=O)CCN1C(=O)C1CNC1. The Morgan fingerprint density at radius 3 is 2.44 bits per heavy atom. The summed E-state index contributed by atoms with van der Waals surface area (Å²) in [6, 6.07) is -0.202. The zero-order valence-electron chi connectivity index (χ0n) is 9.64. The van der Waals surface area contributed by atoms with Crippen LogP contribution >= 0.6 is 0 Å². The first-order valence-corrected chi connectivity index (χ1v) is 7.38. The molecule has 2 aliphatic rings. The molecule has 2 unspecified atom stereocenters. The smallest absolute Gasteiger partial charge is 0.228 e. The van der Waals surface area contributed by atoms with Gasteiger partial charge in [0, 0.05) is 25.7 Å². The Morgan fingerprint density at radius 1 is 1.31 bits per heavy atom. The fraction of sp³-hybridized carbons (Fsp3) is 0.900. The lowest BCUT2D eigenvalue weighted by Gasteiger charge is -2.41. The molecule has 0 aromatic carbocycles. The van der Waals surface area contributed by atoms with Crippen molar-refractivity contribution in [3.05, 3.63) is 0 Å². The fourth-order valence-electron chi connectivity index (χ4n) is 2.18. The minimum atomic E-state index is -3.00. The number of carbonyl (C=O) groups excluding carboxylic acids is 1. The molecule has 0 saturated carbocycles. The number of amides is 1. The van der Waals surface area contributed by atoms with Gasteiger partial charge in [0.2, 0.25) is 5.91 Å². The zero-order chi connectivity index (χ0) is 11.9. The average Bonchev–Trinajstić information content (AvgIpc) is 2.11. The van der Waals surface area contributed by atoms with Crippen molar-refractivity contribution in [1.82, 2.24) is 10.2 Å². The maximum Gasteiger partial charge on any atom is 0.228 e. The predicted molar refractivity (Wildman–Crippen MR) is 60.8 cm³/mol. The van der Waals surface area contributed by atoms with Crippen LogP contribution in [-0.4, -0.2) is 55.9 Å². The molecule has 2 aliphatic heterocycles. The molecule has 0 radical (unpaired) electrons. The van der Waals surface area contributed by atoms with Crippen LogP contribution in [0.4, 0.5) is 0 Å². The standard InChI is InChI=1S/C10H18N2O3S/c1-7-8(2)16(14,15)4-3-12(7)10(13)9-5-11-6-9/h7-9,11H,3-6H2,1-2H3.